The minimum absolute atomic E-state index is 0.246. The van der Waals surface area contributed by atoms with E-state index in [4.69, 9.17) is 5.73 Å². The summed E-state index contributed by atoms with van der Waals surface area (Å²) in [6.07, 6.45) is 2.07. The summed E-state index contributed by atoms with van der Waals surface area (Å²) in [6, 6.07) is 12.6. The summed E-state index contributed by atoms with van der Waals surface area (Å²) in [5.41, 5.74) is 11.5. The van der Waals surface area contributed by atoms with E-state index in [1.165, 1.54) is 17.7 Å². The van der Waals surface area contributed by atoms with Crippen molar-refractivity contribution in [3.05, 3.63) is 76.1 Å². The van der Waals surface area contributed by atoms with Gasteiger partial charge in [0.15, 0.2) is 0 Å². The fourth-order valence-corrected chi connectivity index (χ4v) is 2.28. The Bertz CT molecular complexity index is 644. The minimum atomic E-state index is -0.287. The van der Waals surface area contributed by atoms with Crippen LogP contribution >= 0.6 is 0 Å². The lowest BCUT2D eigenvalue weighted by atomic mass is 9.94. The Hall–Kier alpha value is -1.93. The lowest BCUT2D eigenvalue weighted by Crippen LogP contribution is -2.13. The zero-order chi connectivity index (χ0) is 14.7. The molecular weight excluding hydrogens is 249 g/mol. The summed E-state index contributed by atoms with van der Waals surface area (Å²) < 4.78 is 13.4. The second-order valence-corrected chi connectivity index (χ2v) is 5.22. The molecule has 0 amide bonds. The number of nitrogens with two attached hydrogens (primary N) is 1. The van der Waals surface area contributed by atoms with Gasteiger partial charge in [-0.05, 0) is 55.2 Å². The number of rotatable bonds is 3. The van der Waals surface area contributed by atoms with Gasteiger partial charge in [-0.15, -0.1) is 0 Å². The van der Waals surface area contributed by atoms with Gasteiger partial charge in [0, 0.05) is 0 Å². The van der Waals surface area contributed by atoms with E-state index in [1.807, 2.05) is 26.0 Å². The van der Waals surface area contributed by atoms with Gasteiger partial charge in [-0.2, -0.15) is 0 Å². The van der Waals surface area contributed by atoms with Crippen molar-refractivity contribution in [3.63, 3.8) is 0 Å². The summed E-state index contributed by atoms with van der Waals surface area (Å²) >= 11 is 0. The molecule has 0 fully saturated rings. The molecule has 1 unspecified atom stereocenters. The topological polar surface area (TPSA) is 26.0 Å². The largest absolute Gasteiger partial charge is 0.321 e. The molecular formula is C18H20FN. The molecule has 0 radical (unpaired) electrons. The van der Waals surface area contributed by atoms with E-state index in [-0.39, 0.29) is 11.9 Å². The zero-order valence-electron chi connectivity index (χ0n) is 12.2. The van der Waals surface area contributed by atoms with Crippen LogP contribution < -0.4 is 5.73 Å². The first-order valence-corrected chi connectivity index (χ1v) is 6.74. The van der Waals surface area contributed by atoms with Gasteiger partial charge in [0.2, 0.25) is 0 Å². The first-order valence-electron chi connectivity index (χ1n) is 6.74. The van der Waals surface area contributed by atoms with Crippen molar-refractivity contribution in [2.75, 3.05) is 0 Å². The molecule has 0 aliphatic rings. The summed E-state index contributed by atoms with van der Waals surface area (Å²) in [4.78, 5) is 0. The van der Waals surface area contributed by atoms with Crippen LogP contribution in [0.15, 0.2) is 48.0 Å². The highest BCUT2D eigenvalue weighted by Crippen LogP contribution is 2.25. The van der Waals surface area contributed by atoms with Crippen LogP contribution in [0.4, 0.5) is 4.39 Å². The number of aryl methyl sites for hydroxylation is 2. The molecule has 2 N–H and O–H groups in total. The second-order valence-electron chi connectivity index (χ2n) is 5.22. The molecule has 0 saturated heterocycles. The Morgan fingerprint density at radius 3 is 2.50 bits per heavy atom. The highest BCUT2D eigenvalue weighted by atomic mass is 19.1. The maximum absolute atomic E-state index is 13.4. The fourth-order valence-electron chi connectivity index (χ4n) is 2.28. The van der Waals surface area contributed by atoms with Gasteiger partial charge in [0.1, 0.15) is 5.82 Å². The van der Waals surface area contributed by atoms with Crippen molar-refractivity contribution < 1.29 is 4.39 Å². The molecule has 2 aromatic rings. The van der Waals surface area contributed by atoms with E-state index >= 15 is 0 Å². The van der Waals surface area contributed by atoms with Crippen LogP contribution in [0.1, 0.15) is 35.2 Å². The average molecular weight is 269 g/mol. The van der Waals surface area contributed by atoms with Gasteiger partial charge in [0.05, 0.1) is 6.04 Å². The first kappa shape index (κ1) is 14.5. The predicted octanol–water partition coefficient (Wildman–Crippen LogP) is 4.55. The third kappa shape index (κ3) is 3.14. The molecule has 0 aliphatic carbocycles. The van der Waals surface area contributed by atoms with E-state index in [1.54, 1.807) is 6.07 Å². The van der Waals surface area contributed by atoms with E-state index in [9.17, 15) is 4.39 Å². The number of halogens is 1. The Morgan fingerprint density at radius 2 is 1.80 bits per heavy atom. The molecule has 1 nitrogen and oxygen atoms in total. The third-order valence-corrected chi connectivity index (χ3v) is 3.64. The molecule has 2 aromatic carbocycles. The lowest BCUT2D eigenvalue weighted by molar-refractivity contribution is 0.622. The SMILES string of the molecule is C/C(=C\c1ccccc1C)C(N)c1cc(F)ccc1C. The molecule has 2 rings (SSSR count). The Balaban J connectivity index is 2.35. The van der Waals surface area contributed by atoms with Gasteiger partial charge < -0.3 is 5.73 Å². The highest BCUT2D eigenvalue weighted by molar-refractivity contribution is 5.58. The molecule has 0 saturated carbocycles. The summed E-state index contributed by atoms with van der Waals surface area (Å²) in [5, 5.41) is 0. The van der Waals surface area contributed by atoms with Crippen molar-refractivity contribution >= 4 is 6.08 Å². The molecule has 20 heavy (non-hydrogen) atoms. The molecule has 1 atom stereocenters. The van der Waals surface area contributed by atoms with Gasteiger partial charge in [0.25, 0.3) is 0 Å². The van der Waals surface area contributed by atoms with Crippen LogP contribution in [0.25, 0.3) is 6.08 Å². The average Bonchev–Trinajstić information content (AvgIpc) is 2.43. The normalized spacial score (nSPS) is 13.3. The molecule has 0 aliphatic heterocycles. The standard InChI is InChI=1S/C18H20FN/c1-12-6-4-5-7-15(12)10-14(3)18(20)17-11-16(19)9-8-13(17)2/h4-11,18H,20H2,1-3H3/b14-10+. The predicted molar refractivity (Wildman–Crippen MR) is 82.9 cm³/mol. The Labute approximate surface area is 119 Å². The smallest absolute Gasteiger partial charge is 0.123 e. The summed E-state index contributed by atoms with van der Waals surface area (Å²) in [7, 11) is 0. The van der Waals surface area contributed by atoms with Crippen molar-refractivity contribution in [1.82, 2.24) is 0 Å². The monoisotopic (exact) mass is 269 g/mol. The molecule has 0 aromatic heterocycles. The minimum Gasteiger partial charge on any atom is -0.321 e. The van der Waals surface area contributed by atoms with Gasteiger partial charge in [-0.1, -0.05) is 42.0 Å². The van der Waals surface area contributed by atoms with Crippen LogP contribution in [-0.4, -0.2) is 0 Å². The van der Waals surface area contributed by atoms with E-state index in [0.29, 0.717) is 0 Å². The van der Waals surface area contributed by atoms with Crippen LogP contribution in [0.5, 0.6) is 0 Å². The van der Waals surface area contributed by atoms with Crippen LogP contribution in [0.3, 0.4) is 0 Å². The van der Waals surface area contributed by atoms with Crippen LogP contribution in [0.2, 0.25) is 0 Å². The highest BCUT2D eigenvalue weighted by Gasteiger charge is 2.12. The van der Waals surface area contributed by atoms with E-state index in [2.05, 4.69) is 25.1 Å². The van der Waals surface area contributed by atoms with Crippen molar-refractivity contribution in [3.8, 4) is 0 Å². The zero-order valence-corrected chi connectivity index (χ0v) is 12.2. The summed E-state index contributed by atoms with van der Waals surface area (Å²) in [6.45, 7) is 6.01. The van der Waals surface area contributed by atoms with Gasteiger partial charge in [-0.3, -0.25) is 0 Å². The van der Waals surface area contributed by atoms with Crippen LogP contribution in [-0.2, 0) is 0 Å². The quantitative estimate of drug-likeness (QED) is 0.869. The lowest BCUT2D eigenvalue weighted by Gasteiger charge is -2.16. The second kappa shape index (κ2) is 6.02. The van der Waals surface area contributed by atoms with Gasteiger partial charge in [-0.25, -0.2) is 4.39 Å². The number of benzene rings is 2. The first-order chi connectivity index (χ1) is 9.49. The maximum Gasteiger partial charge on any atom is 0.123 e. The molecule has 2 heteroatoms. The number of hydrogen-bond acceptors (Lipinski definition) is 1. The van der Waals surface area contributed by atoms with Crippen molar-refractivity contribution in [2.45, 2.75) is 26.8 Å². The molecule has 0 bridgehead atoms. The molecule has 0 heterocycles. The third-order valence-electron chi connectivity index (χ3n) is 3.64. The maximum atomic E-state index is 13.4. The van der Waals surface area contributed by atoms with Crippen molar-refractivity contribution in [1.29, 1.82) is 0 Å². The van der Waals surface area contributed by atoms with Gasteiger partial charge >= 0.3 is 0 Å². The Kier molecular flexibility index (Phi) is 4.35. The Morgan fingerprint density at radius 1 is 1.10 bits per heavy atom. The van der Waals surface area contributed by atoms with Crippen LogP contribution in [0, 0.1) is 19.7 Å². The van der Waals surface area contributed by atoms with E-state index in [0.717, 1.165) is 22.3 Å². The molecule has 104 valence electrons. The summed E-state index contributed by atoms with van der Waals surface area (Å²) in [5.74, 6) is -0.246. The fraction of sp³-hybridized carbons (Fsp3) is 0.222. The van der Waals surface area contributed by atoms with Crippen molar-refractivity contribution in [2.24, 2.45) is 5.73 Å². The molecule has 0 spiro atoms. The number of hydrogen-bond donors (Lipinski definition) is 1. The van der Waals surface area contributed by atoms with E-state index < -0.39 is 0 Å².